The van der Waals surface area contributed by atoms with E-state index >= 15 is 0 Å². The summed E-state index contributed by atoms with van der Waals surface area (Å²) in [5, 5.41) is 6.80. The molecule has 0 saturated heterocycles. The maximum Gasteiger partial charge on any atom is 0.314 e. The first-order chi connectivity index (χ1) is 10.7. The van der Waals surface area contributed by atoms with E-state index in [0.717, 1.165) is 0 Å². The van der Waals surface area contributed by atoms with Crippen LogP contribution in [0.2, 0.25) is 0 Å². The third-order valence-corrected chi connectivity index (χ3v) is 2.62. The van der Waals surface area contributed by atoms with Gasteiger partial charge in [-0.05, 0) is 12.1 Å². The molecule has 7 nitrogen and oxygen atoms in total. The molecule has 3 aromatic heterocycles. The molecule has 3 heterocycles. The van der Waals surface area contributed by atoms with Crippen LogP contribution in [0, 0.1) is 0 Å². The summed E-state index contributed by atoms with van der Waals surface area (Å²) >= 11 is 0. The number of alkyl halides is 2. The highest BCUT2D eigenvalue weighted by Crippen LogP contribution is 2.22. The smallest absolute Gasteiger partial charge is 0.314 e. The van der Waals surface area contributed by atoms with Crippen LogP contribution in [0.25, 0.3) is 11.5 Å². The van der Waals surface area contributed by atoms with Gasteiger partial charge in [0.2, 0.25) is 11.8 Å². The zero-order valence-corrected chi connectivity index (χ0v) is 11.1. The Balaban J connectivity index is 1.67. The Morgan fingerprint density at radius 3 is 2.68 bits per heavy atom. The summed E-state index contributed by atoms with van der Waals surface area (Å²) in [5.41, 5.74) is 1.08. The van der Waals surface area contributed by atoms with Crippen molar-refractivity contribution in [3.05, 3.63) is 48.5 Å². The number of hydrogen-bond acceptors (Lipinski definition) is 7. The van der Waals surface area contributed by atoms with E-state index in [1.165, 1.54) is 12.5 Å². The van der Waals surface area contributed by atoms with Gasteiger partial charge in [0.1, 0.15) is 12.9 Å². The largest absolute Gasteiger partial charge is 0.471 e. The zero-order chi connectivity index (χ0) is 15.4. The van der Waals surface area contributed by atoms with Gasteiger partial charge >= 0.3 is 6.43 Å². The zero-order valence-electron chi connectivity index (χ0n) is 11.1. The first kappa shape index (κ1) is 14.0. The highest BCUT2D eigenvalue weighted by Gasteiger charge is 2.17. The summed E-state index contributed by atoms with van der Waals surface area (Å²) in [6.07, 6.45) is 1.59. The van der Waals surface area contributed by atoms with Crippen LogP contribution in [0.1, 0.15) is 18.0 Å². The molecule has 0 aliphatic carbocycles. The van der Waals surface area contributed by atoms with Crippen molar-refractivity contribution in [3.8, 4) is 17.3 Å². The molecule has 0 radical (unpaired) electrons. The van der Waals surface area contributed by atoms with Crippen LogP contribution in [-0.2, 0) is 6.61 Å². The standard InChI is InChI=1S/C13H9F2N5O2/c14-11(15)13-20-19-12(22-13)8-1-2-9(17-5-8)6-21-10-3-4-16-7-18-10/h1-5,7,11H,6H2. The van der Waals surface area contributed by atoms with Gasteiger partial charge in [0.05, 0.1) is 11.3 Å². The van der Waals surface area contributed by atoms with E-state index in [9.17, 15) is 8.78 Å². The third kappa shape index (κ3) is 3.19. The fraction of sp³-hybridized carbons (Fsp3) is 0.154. The van der Waals surface area contributed by atoms with E-state index in [1.807, 2.05) is 0 Å². The number of rotatable bonds is 5. The SMILES string of the molecule is FC(F)c1nnc(-c2ccc(COc3ccncn3)nc2)o1. The van der Waals surface area contributed by atoms with E-state index in [0.29, 0.717) is 17.1 Å². The molecule has 9 heteroatoms. The predicted molar refractivity (Wildman–Crippen MR) is 68.9 cm³/mol. The highest BCUT2D eigenvalue weighted by molar-refractivity contribution is 5.50. The summed E-state index contributed by atoms with van der Waals surface area (Å²) in [5.74, 6) is -0.295. The molecule has 112 valence electrons. The van der Waals surface area contributed by atoms with Crippen molar-refractivity contribution in [1.82, 2.24) is 25.1 Å². The molecule has 3 aromatic rings. The summed E-state index contributed by atoms with van der Waals surface area (Å²) in [6.45, 7) is 0.212. The summed E-state index contributed by atoms with van der Waals surface area (Å²) < 4.78 is 35.0. The lowest BCUT2D eigenvalue weighted by atomic mass is 10.2. The van der Waals surface area contributed by atoms with Gasteiger partial charge in [-0.2, -0.15) is 8.78 Å². The normalized spacial score (nSPS) is 10.9. The Labute approximate surface area is 123 Å². The molecule has 3 rings (SSSR count). The van der Waals surface area contributed by atoms with Crippen molar-refractivity contribution in [2.45, 2.75) is 13.0 Å². The minimum Gasteiger partial charge on any atom is -0.471 e. The molecule has 0 unspecified atom stereocenters. The van der Waals surface area contributed by atoms with Crippen LogP contribution < -0.4 is 4.74 Å². The van der Waals surface area contributed by atoms with E-state index < -0.39 is 12.3 Å². The number of halogens is 2. The first-order valence-electron chi connectivity index (χ1n) is 6.18. The van der Waals surface area contributed by atoms with Gasteiger partial charge in [0.15, 0.2) is 0 Å². The number of ether oxygens (including phenoxy) is 1. The summed E-state index contributed by atoms with van der Waals surface area (Å²) in [4.78, 5) is 11.8. The number of aromatic nitrogens is 5. The predicted octanol–water partition coefficient (Wildman–Crippen LogP) is 2.44. The quantitative estimate of drug-likeness (QED) is 0.715. The second-order valence-corrected chi connectivity index (χ2v) is 4.12. The van der Waals surface area contributed by atoms with E-state index in [2.05, 4.69) is 25.1 Å². The van der Waals surface area contributed by atoms with Crippen molar-refractivity contribution >= 4 is 0 Å². The van der Waals surface area contributed by atoms with Gasteiger partial charge in [-0.3, -0.25) is 4.98 Å². The highest BCUT2D eigenvalue weighted by atomic mass is 19.3. The first-order valence-corrected chi connectivity index (χ1v) is 6.18. The van der Waals surface area contributed by atoms with Crippen LogP contribution >= 0.6 is 0 Å². The molecule has 0 N–H and O–H groups in total. The second kappa shape index (κ2) is 6.20. The Morgan fingerprint density at radius 2 is 2.05 bits per heavy atom. The molecule has 0 aliphatic heterocycles. The van der Waals surface area contributed by atoms with Crippen molar-refractivity contribution in [2.75, 3.05) is 0 Å². The molecular formula is C13H9F2N5O2. The molecule has 0 spiro atoms. The number of hydrogen-bond donors (Lipinski definition) is 0. The van der Waals surface area contributed by atoms with Crippen molar-refractivity contribution in [3.63, 3.8) is 0 Å². The van der Waals surface area contributed by atoms with Gasteiger partial charge in [-0.25, -0.2) is 9.97 Å². The van der Waals surface area contributed by atoms with E-state index in [1.54, 1.807) is 24.4 Å². The van der Waals surface area contributed by atoms with Crippen molar-refractivity contribution in [1.29, 1.82) is 0 Å². The third-order valence-electron chi connectivity index (χ3n) is 2.62. The minimum atomic E-state index is -2.80. The Hall–Kier alpha value is -2.97. The lowest BCUT2D eigenvalue weighted by molar-refractivity contribution is 0.116. The van der Waals surface area contributed by atoms with Crippen molar-refractivity contribution < 1.29 is 17.9 Å². The van der Waals surface area contributed by atoms with Gasteiger partial charge < -0.3 is 9.15 Å². The lowest BCUT2D eigenvalue weighted by Gasteiger charge is -2.04. The van der Waals surface area contributed by atoms with Crippen molar-refractivity contribution in [2.24, 2.45) is 0 Å². The van der Waals surface area contributed by atoms with E-state index in [4.69, 9.17) is 9.15 Å². The van der Waals surface area contributed by atoms with Gasteiger partial charge in [-0.15, -0.1) is 10.2 Å². The fourth-order valence-corrected chi connectivity index (χ4v) is 1.59. The Morgan fingerprint density at radius 1 is 1.14 bits per heavy atom. The molecule has 0 amide bonds. The summed E-state index contributed by atoms with van der Waals surface area (Å²) in [7, 11) is 0. The molecule has 0 aromatic carbocycles. The fourth-order valence-electron chi connectivity index (χ4n) is 1.59. The van der Waals surface area contributed by atoms with Crippen LogP contribution in [-0.4, -0.2) is 25.1 Å². The van der Waals surface area contributed by atoms with Gasteiger partial charge in [-0.1, -0.05) is 0 Å². The van der Waals surface area contributed by atoms with Gasteiger partial charge in [0.25, 0.3) is 5.89 Å². The molecule has 0 atom stereocenters. The molecule has 0 saturated carbocycles. The van der Waals surface area contributed by atoms with Crippen LogP contribution in [0.3, 0.4) is 0 Å². The average molecular weight is 305 g/mol. The monoisotopic (exact) mass is 305 g/mol. The number of nitrogens with zero attached hydrogens (tertiary/aromatic N) is 5. The average Bonchev–Trinajstić information content (AvgIpc) is 3.05. The van der Waals surface area contributed by atoms with Crippen LogP contribution in [0.15, 0.2) is 41.3 Å². The molecule has 0 fully saturated rings. The Bertz CT molecular complexity index is 734. The Kier molecular flexibility index (Phi) is 3.95. The van der Waals surface area contributed by atoms with E-state index in [-0.39, 0.29) is 12.5 Å². The summed E-state index contributed by atoms with van der Waals surface area (Å²) in [6, 6.07) is 4.93. The van der Waals surface area contributed by atoms with Crippen LogP contribution in [0.5, 0.6) is 5.88 Å². The van der Waals surface area contributed by atoms with Gasteiger partial charge in [0, 0.05) is 18.5 Å². The molecular weight excluding hydrogens is 296 g/mol. The molecule has 0 aliphatic rings. The topological polar surface area (TPSA) is 86.8 Å². The molecule has 0 bridgehead atoms. The molecule has 22 heavy (non-hydrogen) atoms. The number of pyridine rings is 1. The minimum absolute atomic E-state index is 0.00827. The maximum absolute atomic E-state index is 12.4. The lowest BCUT2D eigenvalue weighted by Crippen LogP contribution is -1.99. The second-order valence-electron chi connectivity index (χ2n) is 4.12. The van der Waals surface area contributed by atoms with Crippen LogP contribution in [0.4, 0.5) is 8.78 Å². The maximum atomic E-state index is 12.4.